The number of halogens is 3. The van der Waals surface area contributed by atoms with Crippen LogP contribution in [0.25, 0.3) is 0 Å². The smallest absolute Gasteiger partial charge is 0.219 e. The summed E-state index contributed by atoms with van der Waals surface area (Å²) in [4.78, 5) is 20.2. The molecule has 1 aromatic rings. The van der Waals surface area contributed by atoms with Gasteiger partial charge in [0, 0.05) is 56.2 Å². The first-order chi connectivity index (χ1) is 11.5. The van der Waals surface area contributed by atoms with Crippen molar-refractivity contribution in [3.8, 4) is 0 Å². The van der Waals surface area contributed by atoms with Crippen LogP contribution in [0.5, 0.6) is 0 Å². The lowest BCUT2D eigenvalue weighted by molar-refractivity contribution is -0.130. The molecule has 1 heterocycles. The van der Waals surface area contributed by atoms with Crippen LogP contribution < -0.4 is 5.32 Å². The molecule has 1 aliphatic heterocycles. The maximum Gasteiger partial charge on any atom is 0.219 e. The molecule has 0 aromatic heterocycles. The molecule has 2 rings (SSSR count). The number of amides is 1. The molecule has 1 N–H and O–H groups in total. The van der Waals surface area contributed by atoms with Crippen molar-refractivity contribution in [3.05, 3.63) is 33.8 Å². The van der Waals surface area contributed by atoms with Crippen LogP contribution in [0.15, 0.2) is 23.2 Å². The summed E-state index contributed by atoms with van der Waals surface area (Å²) in [5, 5.41) is 4.62. The van der Waals surface area contributed by atoms with Crippen LogP contribution in [0.3, 0.4) is 0 Å². The fourth-order valence-electron chi connectivity index (χ4n) is 2.71. The van der Waals surface area contributed by atoms with Crippen LogP contribution in [-0.2, 0) is 11.2 Å². The zero-order valence-electron chi connectivity index (χ0n) is 14.6. The van der Waals surface area contributed by atoms with E-state index >= 15 is 0 Å². The number of hydrogen-bond acceptors (Lipinski definition) is 2. The van der Waals surface area contributed by atoms with Crippen LogP contribution in [0.2, 0.25) is 10.0 Å². The van der Waals surface area contributed by atoms with E-state index < -0.39 is 0 Å². The zero-order chi connectivity index (χ0) is 17.5. The molecule has 1 aliphatic rings. The maximum atomic E-state index is 11.4. The van der Waals surface area contributed by atoms with Crippen LogP contribution >= 0.6 is 47.2 Å². The summed E-state index contributed by atoms with van der Waals surface area (Å²) in [7, 11) is 0. The van der Waals surface area contributed by atoms with Gasteiger partial charge in [-0.3, -0.25) is 9.79 Å². The Bertz CT molecular complexity index is 584. The minimum atomic E-state index is 0. The van der Waals surface area contributed by atoms with Crippen molar-refractivity contribution in [2.45, 2.75) is 20.3 Å². The molecule has 1 saturated heterocycles. The Labute approximate surface area is 176 Å². The standard InChI is InChI=1S/C17H24Cl2N4O.HI/c1-3-20-17(23-8-6-22(7-9-23)13(2)24)21-5-4-14-10-15(18)12-16(19)11-14;/h10-12H,3-9H2,1-2H3,(H,20,21);1H. The summed E-state index contributed by atoms with van der Waals surface area (Å²) < 4.78 is 0. The molecule has 0 aliphatic carbocycles. The van der Waals surface area contributed by atoms with E-state index in [0.29, 0.717) is 16.6 Å². The number of hydrogen-bond donors (Lipinski definition) is 1. The fourth-order valence-corrected chi connectivity index (χ4v) is 3.28. The van der Waals surface area contributed by atoms with E-state index in [0.717, 1.165) is 50.7 Å². The van der Waals surface area contributed by atoms with Crippen molar-refractivity contribution < 1.29 is 4.79 Å². The lowest BCUT2D eigenvalue weighted by Crippen LogP contribution is -2.53. The van der Waals surface area contributed by atoms with Crippen LogP contribution in [0.4, 0.5) is 0 Å². The van der Waals surface area contributed by atoms with Crippen molar-refractivity contribution in [2.75, 3.05) is 39.3 Å². The Kier molecular flexibility index (Phi) is 9.89. The Hall–Kier alpha value is -0.730. The van der Waals surface area contributed by atoms with E-state index in [4.69, 9.17) is 28.2 Å². The summed E-state index contributed by atoms with van der Waals surface area (Å²) in [6.45, 7) is 8.22. The first-order valence-corrected chi connectivity index (χ1v) is 8.99. The van der Waals surface area contributed by atoms with Gasteiger partial charge in [0.2, 0.25) is 5.91 Å². The average molecular weight is 499 g/mol. The number of piperazine rings is 1. The normalized spacial score (nSPS) is 15.0. The molecular weight excluding hydrogens is 474 g/mol. The molecule has 0 saturated carbocycles. The Morgan fingerprint density at radius 2 is 1.68 bits per heavy atom. The Morgan fingerprint density at radius 3 is 2.20 bits per heavy atom. The molecule has 25 heavy (non-hydrogen) atoms. The first-order valence-electron chi connectivity index (χ1n) is 8.23. The van der Waals surface area contributed by atoms with Gasteiger partial charge >= 0.3 is 0 Å². The second kappa shape index (κ2) is 11.1. The molecule has 1 amide bonds. The Balaban J connectivity index is 0.00000312. The fraction of sp³-hybridized carbons (Fsp3) is 0.529. The second-order valence-corrected chi connectivity index (χ2v) is 6.63. The summed E-state index contributed by atoms with van der Waals surface area (Å²) in [6, 6.07) is 5.57. The molecule has 1 aromatic carbocycles. The van der Waals surface area contributed by atoms with Crippen molar-refractivity contribution in [1.82, 2.24) is 15.1 Å². The third-order valence-corrected chi connectivity index (χ3v) is 4.38. The minimum absolute atomic E-state index is 0. The van der Waals surface area contributed by atoms with E-state index in [9.17, 15) is 4.79 Å². The highest BCUT2D eigenvalue weighted by atomic mass is 127. The molecule has 8 heteroatoms. The highest BCUT2D eigenvalue weighted by molar-refractivity contribution is 14.0. The van der Waals surface area contributed by atoms with E-state index in [1.54, 1.807) is 13.0 Å². The summed E-state index contributed by atoms with van der Waals surface area (Å²) in [5.74, 6) is 1.03. The highest BCUT2D eigenvalue weighted by Crippen LogP contribution is 2.19. The number of nitrogens with one attached hydrogen (secondary N) is 1. The topological polar surface area (TPSA) is 47.9 Å². The predicted molar refractivity (Wildman–Crippen MR) is 115 cm³/mol. The van der Waals surface area contributed by atoms with Crippen molar-refractivity contribution in [2.24, 2.45) is 4.99 Å². The molecule has 0 unspecified atom stereocenters. The highest BCUT2D eigenvalue weighted by Gasteiger charge is 2.20. The SMILES string of the molecule is CCNC(=NCCc1cc(Cl)cc(Cl)c1)N1CCN(C(C)=O)CC1.I. The molecule has 5 nitrogen and oxygen atoms in total. The Morgan fingerprint density at radius 1 is 1.12 bits per heavy atom. The molecule has 140 valence electrons. The molecule has 1 fully saturated rings. The monoisotopic (exact) mass is 498 g/mol. The number of rotatable bonds is 4. The van der Waals surface area contributed by atoms with Crippen LogP contribution in [0.1, 0.15) is 19.4 Å². The third-order valence-electron chi connectivity index (χ3n) is 3.94. The summed E-state index contributed by atoms with van der Waals surface area (Å²) in [6.07, 6.45) is 0.780. The summed E-state index contributed by atoms with van der Waals surface area (Å²) >= 11 is 12.1. The predicted octanol–water partition coefficient (Wildman–Crippen LogP) is 3.28. The zero-order valence-corrected chi connectivity index (χ0v) is 18.4. The third kappa shape index (κ3) is 7.19. The molecular formula is C17H25Cl2IN4O. The van der Waals surface area contributed by atoms with Crippen LogP contribution in [-0.4, -0.2) is 60.9 Å². The van der Waals surface area contributed by atoms with Crippen molar-refractivity contribution in [3.63, 3.8) is 0 Å². The minimum Gasteiger partial charge on any atom is -0.357 e. The summed E-state index contributed by atoms with van der Waals surface area (Å²) in [5.41, 5.74) is 1.08. The van der Waals surface area contributed by atoms with E-state index in [1.165, 1.54) is 0 Å². The van der Waals surface area contributed by atoms with Crippen molar-refractivity contribution in [1.29, 1.82) is 0 Å². The lowest BCUT2D eigenvalue weighted by atomic mass is 10.1. The number of guanidine groups is 1. The molecule has 0 atom stereocenters. The lowest BCUT2D eigenvalue weighted by Gasteiger charge is -2.36. The van der Waals surface area contributed by atoms with Crippen molar-refractivity contribution >= 4 is 59.0 Å². The second-order valence-electron chi connectivity index (χ2n) is 5.76. The van der Waals surface area contributed by atoms with E-state index in [-0.39, 0.29) is 29.9 Å². The molecule has 0 radical (unpaired) electrons. The van der Waals surface area contributed by atoms with Gasteiger partial charge in [-0.25, -0.2) is 0 Å². The molecule has 0 bridgehead atoms. The van der Waals surface area contributed by atoms with Gasteiger partial charge in [0.05, 0.1) is 0 Å². The van der Waals surface area contributed by atoms with Gasteiger partial charge in [-0.1, -0.05) is 23.2 Å². The quantitative estimate of drug-likeness (QED) is 0.393. The van der Waals surface area contributed by atoms with Gasteiger partial charge in [0.25, 0.3) is 0 Å². The number of benzene rings is 1. The van der Waals surface area contributed by atoms with E-state index in [1.807, 2.05) is 17.0 Å². The number of carbonyl (C=O) groups excluding carboxylic acids is 1. The first kappa shape index (κ1) is 22.3. The van der Waals surface area contributed by atoms with Gasteiger partial charge in [0.1, 0.15) is 0 Å². The van der Waals surface area contributed by atoms with Gasteiger partial charge < -0.3 is 15.1 Å². The van der Waals surface area contributed by atoms with Crippen LogP contribution in [0, 0.1) is 0 Å². The van der Waals surface area contributed by atoms with Gasteiger partial charge in [0.15, 0.2) is 5.96 Å². The van der Waals surface area contributed by atoms with Gasteiger partial charge in [-0.15, -0.1) is 24.0 Å². The number of carbonyl (C=O) groups is 1. The van der Waals surface area contributed by atoms with Gasteiger partial charge in [-0.05, 0) is 37.1 Å². The van der Waals surface area contributed by atoms with Gasteiger partial charge in [-0.2, -0.15) is 0 Å². The average Bonchev–Trinajstić information content (AvgIpc) is 2.53. The largest absolute Gasteiger partial charge is 0.357 e. The maximum absolute atomic E-state index is 11.4. The number of aliphatic imine (C=N–C) groups is 1. The number of nitrogens with zero attached hydrogens (tertiary/aromatic N) is 3. The van der Waals surface area contributed by atoms with E-state index in [2.05, 4.69) is 17.1 Å². The molecule has 0 spiro atoms.